The summed E-state index contributed by atoms with van der Waals surface area (Å²) in [6.07, 6.45) is 2.61. The molecule has 0 aliphatic heterocycles. The van der Waals surface area contributed by atoms with Crippen LogP contribution in [0.4, 0.5) is 0 Å². The van der Waals surface area contributed by atoms with E-state index in [1.165, 1.54) is 12.1 Å². The lowest BCUT2D eigenvalue weighted by Crippen LogP contribution is -1.96. The molecule has 0 saturated carbocycles. The number of rotatable bonds is 5. The third-order valence-corrected chi connectivity index (χ3v) is 4.77. The van der Waals surface area contributed by atoms with Crippen LogP contribution in [0.3, 0.4) is 0 Å². The molecule has 0 spiro atoms. The van der Waals surface area contributed by atoms with Crippen LogP contribution >= 0.6 is 0 Å². The summed E-state index contributed by atoms with van der Waals surface area (Å²) in [5.74, 6) is 1.77. The number of sulfone groups is 1. The van der Waals surface area contributed by atoms with E-state index in [-0.39, 0.29) is 4.90 Å². The van der Waals surface area contributed by atoms with Gasteiger partial charge in [-0.15, -0.1) is 0 Å². The van der Waals surface area contributed by atoms with Gasteiger partial charge in [-0.05, 0) is 42.5 Å². The Morgan fingerprint density at radius 2 is 1.83 bits per heavy atom. The summed E-state index contributed by atoms with van der Waals surface area (Å²) in [7, 11) is -3.25. The minimum absolute atomic E-state index is 0.221. The van der Waals surface area contributed by atoms with Gasteiger partial charge in [0, 0.05) is 18.2 Å². The van der Waals surface area contributed by atoms with Gasteiger partial charge >= 0.3 is 0 Å². The molecule has 3 rings (SSSR count). The third kappa shape index (κ3) is 3.19. The Morgan fingerprint density at radius 1 is 1.12 bits per heavy atom. The number of carbonyl (C=O) groups is 1. The van der Waals surface area contributed by atoms with Crippen LogP contribution in [-0.4, -0.2) is 21.0 Å². The van der Waals surface area contributed by atoms with E-state index in [0.717, 1.165) is 30.1 Å². The summed E-state index contributed by atoms with van der Waals surface area (Å²) in [5, 5.41) is 0.768. The van der Waals surface area contributed by atoms with Crippen LogP contribution in [-0.2, 0) is 16.3 Å². The Balaban J connectivity index is 2.02. The zero-order valence-electron chi connectivity index (χ0n) is 13.3. The first-order chi connectivity index (χ1) is 11.4. The van der Waals surface area contributed by atoms with Crippen molar-refractivity contribution in [1.82, 2.24) is 0 Å². The smallest absolute Gasteiger partial charge is 0.175 e. The highest BCUT2D eigenvalue weighted by Crippen LogP contribution is 2.34. The average Bonchev–Trinajstić information content (AvgIpc) is 2.98. The summed E-state index contributed by atoms with van der Waals surface area (Å²) in [6.45, 7) is 1.97. The van der Waals surface area contributed by atoms with Gasteiger partial charge in [0.2, 0.25) is 0 Å². The number of aryl methyl sites for hydroxylation is 1. The third-order valence-electron chi connectivity index (χ3n) is 3.64. The van der Waals surface area contributed by atoms with Gasteiger partial charge in [-0.2, -0.15) is 0 Å². The van der Waals surface area contributed by atoms with E-state index in [1.54, 1.807) is 24.3 Å². The molecule has 0 aliphatic carbocycles. The molecule has 0 amide bonds. The minimum atomic E-state index is -3.25. The summed E-state index contributed by atoms with van der Waals surface area (Å²) in [4.78, 5) is 11.3. The van der Waals surface area contributed by atoms with Gasteiger partial charge in [-0.3, -0.25) is 4.79 Å². The van der Waals surface area contributed by atoms with Crippen LogP contribution < -0.4 is 4.74 Å². The van der Waals surface area contributed by atoms with E-state index >= 15 is 0 Å². The maximum Gasteiger partial charge on any atom is 0.175 e. The van der Waals surface area contributed by atoms with Crippen LogP contribution in [0.5, 0.6) is 11.5 Å². The Bertz CT molecular complexity index is 998. The first-order valence-corrected chi connectivity index (χ1v) is 9.29. The van der Waals surface area contributed by atoms with Gasteiger partial charge in [0.1, 0.15) is 29.1 Å². The van der Waals surface area contributed by atoms with Gasteiger partial charge in [-0.1, -0.05) is 6.92 Å². The monoisotopic (exact) mass is 344 g/mol. The molecule has 0 fully saturated rings. The highest BCUT2D eigenvalue weighted by molar-refractivity contribution is 7.90. The fraction of sp³-hybridized carbons (Fsp3) is 0.167. The average molecular weight is 344 g/mol. The van der Waals surface area contributed by atoms with Crippen molar-refractivity contribution in [3.05, 3.63) is 53.8 Å². The standard InChI is InChI=1S/C18H16O5S/c1-3-13-10-16-17(22-13)8-12(11-19)9-18(16)23-14-4-6-15(7-5-14)24(2,20)21/h4-11H,3H2,1-2H3. The molecule has 1 heterocycles. The second kappa shape index (κ2) is 6.13. The Hall–Kier alpha value is -2.60. The zero-order chi connectivity index (χ0) is 17.3. The van der Waals surface area contributed by atoms with Gasteiger partial charge in [0.25, 0.3) is 0 Å². The maximum absolute atomic E-state index is 11.5. The molecule has 24 heavy (non-hydrogen) atoms. The fourth-order valence-corrected chi connectivity index (χ4v) is 3.02. The van der Waals surface area contributed by atoms with E-state index in [0.29, 0.717) is 22.6 Å². The number of aldehydes is 1. The lowest BCUT2D eigenvalue weighted by atomic mass is 10.1. The van der Waals surface area contributed by atoms with Crippen molar-refractivity contribution in [1.29, 1.82) is 0 Å². The first-order valence-electron chi connectivity index (χ1n) is 7.40. The van der Waals surface area contributed by atoms with E-state index in [2.05, 4.69) is 0 Å². The predicted molar refractivity (Wildman–Crippen MR) is 90.6 cm³/mol. The van der Waals surface area contributed by atoms with E-state index in [4.69, 9.17) is 9.15 Å². The van der Waals surface area contributed by atoms with Crippen molar-refractivity contribution in [2.45, 2.75) is 18.2 Å². The van der Waals surface area contributed by atoms with Crippen molar-refractivity contribution in [2.24, 2.45) is 0 Å². The van der Waals surface area contributed by atoms with Crippen LogP contribution in [0.25, 0.3) is 11.0 Å². The number of furan rings is 1. The second-order valence-electron chi connectivity index (χ2n) is 5.46. The van der Waals surface area contributed by atoms with Crippen LogP contribution in [0.15, 0.2) is 51.8 Å². The molecule has 1 aromatic heterocycles. The first kappa shape index (κ1) is 16.3. The quantitative estimate of drug-likeness (QED) is 0.654. The van der Waals surface area contributed by atoms with E-state index in [1.807, 2.05) is 13.0 Å². The predicted octanol–water partition coefficient (Wildman–Crippen LogP) is 4.00. The molecule has 0 atom stereocenters. The molecular formula is C18H16O5S. The lowest BCUT2D eigenvalue weighted by molar-refractivity contribution is 0.112. The molecule has 0 radical (unpaired) electrons. The number of carbonyl (C=O) groups excluding carboxylic acids is 1. The summed E-state index contributed by atoms with van der Waals surface area (Å²) in [6, 6.07) is 11.3. The molecule has 3 aromatic rings. The van der Waals surface area contributed by atoms with Crippen molar-refractivity contribution in [2.75, 3.05) is 6.26 Å². The summed E-state index contributed by atoms with van der Waals surface area (Å²) in [5.41, 5.74) is 1.03. The fourth-order valence-electron chi connectivity index (χ4n) is 2.39. The Kier molecular flexibility index (Phi) is 4.15. The maximum atomic E-state index is 11.5. The zero-order valence-corrected chi connectivity index (χ0v) is 14.1. The van der Waals surface area contributed by atoms with Gasteiger partial charge in [0.05, 0.1) is 10.3 Å². The van der Waals surface area contributed by atoms with Crippen LogP contribution in [0, 0.1) is 0 Å². The molecule has 2 aromatic carbocycles. The Morgan fingerprint density at radius 3 is 2.42 bits per heavy atom. The largest absolute Gasteiger partial charge is 0.461 e. The van der Waals surface area contributed by atoms with Crippen LogP contribution in [0.2, 0.25) is 0 Å². The van der Waals surface area contributed by atoms with Crippen molar-refractivity contribution in [3.8, 4) is 11.5 Å². The molecule has 0 saturated heterocycles. The molecule has 0 aliphatic rings. The van der Waals surface area contributed by atoms with Crippen molar-refractivity contribution >= 4 is 27.1 Å². The van der Waals surface area contributed by atoms with Gasteiger partial charge < -0.3 is 9.15 Å². The SMILES string of the molecule is CCc1cc2c(Oc3ccc(S(C)(=O)=O)cc3)cc(C=O)cc2o1. The van der Waals surface area contributed by atoms with Crippen molar-refractivity contribution < 1.29 is 22.4 Å². The summed E-state index contributed by atoms with van der Waals surface area (Å²) < 4.78 is 34.5. The lowest BCUT2D eigenvalue weighted by Gasteiger charge is -2.08. The summed E-state index contributed by atoms with van der Waals surface area (Å²) >= 11 is 0. The topological polar surface area (TPSA) is 73.6 Å². The molecule has 0 bridgehead atoms. The molecule has 0 N–H and O–H groups in total. The highest BCUT2D eigenvalue weighted by atomic mass is 32.2. The molecule has 5 nitrogen and oxygen atoms in total. The van der Waals surface area contributed by atoms with Crippen LogP contribution in [0.1, 0.15) is 23.0 Å². The van der Waals surface area contributed by atoms with E-state index in [9.17, 15) is 13.2 Å². The Labute approximate surface area is 139 Å². The van der Waals surface area contributed by atoms with Gasteiger partial charge in [0.15, 0.2) is 9.84 Å². The molecule has 0 unspecified atom stereocenters. The molecular weight excluding hydrogens is 328 g/mol. The highest BCUT2D eigenvalue weighted by Gasteiger charge is 2.12. The number of benzene rings is 2. The molecule has 124 valence electrons. The number of hydrogen-bond acceptors (Lipinski definition) is 5. The number of hydrogen-bond donors (Lipinski definition) is 0. The second-order valence-corrected chi connectivity index (χ2v) is 7.48. The number of ether oxygens (including phenoxy) is 1. The normalized spacial score (nSPS) is 11.6. The van der Waals surface area contributed by atoms with Crippen molar-refractivity contribution in [3.63, 3.8) is 0 Å². The minimum Gasteiger partial charge on any atom is -0.461 e. The number of fused-ring (bicyclic) bond motifs is 1. The molecule has 6 heteroatoms. The van der Waals surface area contributed by atoms with E-state index < -0.39 is 9.84 Å². The van der Waals surface area contributed by atoms with Gasteiger partial charge in [-0.25, -0.2) is 8.42 Å².